The van der Waals surface area contributed by atoms with Crippen molar-refractivity contribution in [3.63, 3.8) is 0 Å². The number of carbonyl (C=O) groups is 1. The number of rotatable bonds is 5. The number of anilines is 2. The standard InChI is InChI=1S/C26H19ClN4O3S2/c1-36(33,34)21-11-7-16(8-12-21)22-14-35-25-23(28-15-29-24(22)25)17-5-9-19(10-6-17)30-26(32)31-20-4-2-3-18(27)13-20/h2-15H,1H3,(H2,30,31,32). The van der Waals surface area contributed by atoms with Gasteiger partial charge in [-0.15, -0.1) is 11.3 Å². The highest BCUT2D eigenvalue weighted by Crippen LogP contribution is 2.37. The van der Waals surface area contributed by atoms with Gasteiger partial charge in [-0.25, -0.2) is 23.2 Å². The summed E-state index contributed by atoms with van der Waals surface area (Å²) < 4.78 is 24.5. The lowest BCUT2D eigenvalue weighted by molar-refractivity contribution is 0.262. The van der Waals surface area contributed by atoms with Gasteiger partial charge < -0.3 is 10.6 Å². The Kier molecular flexibility index (Phi) is 6.44. The smallest absolute Gasteiger partial charge is 0.308 e. The highest BCUT2D eigenvalue weighted by atomic mass is 35.5. The highest BCUT2D eigenvalue weighted by Gasteiger charge is 2.15. The van der Waals surface area contributed by atoms with E-state index in [1.807, 2.05) is 17.5 Å². The number of carbonyl (C=O) groups excluding carboxylic acids is 1. The number of nitrogens with zero attached hydrogens (tertiary/aromatic N) is 2. The molecule has 36 heavy (non-hydrogen) atoms. The molecule has 3 aromatic carbocycles. The van der Waals surface area contributed by atoms with Crippen molar-refractivity contribution < 1.29 is 13.2 Å². The van der Waals surface area contributed by atoms with Gasteiger partial charge in [0.05, 0.1) is 20.8 Å². The molecule has 0 atom stereocenters. The lowest BCUT2D eigenvalue weighted by Gasteiger charge is -2.09. The summed E-state index contributed by atoms with van der Waals surface area (Å²) in [7, 11) is -3.26. The van der Waals surface area contributed by atoms with E-state index in [0.29, 0.717) is 16.4 Å². The summed E-state index contributed by atoms with van der Waals surface area (Å²) in [6, 6.07) is 20.7. The van der Waals surface area contributed by atoms with Crippen LogP contribution in [0.4, 0.5) is 16.2 Å². The summed E-state index contributed by atoms with van der Waals surface area (Å²) in [5.74, 6) is 0. The van der Waals surface area contributed by atoms with E-state index in [1.165, 1.54) is 23.9 Å². The molecule has 2 amide bonds. The summed E-state index contributed by atoms with van der Waals surface area (Å²) in [5, 5.41) is 8.08. The van der Waals surface area contributed by atoms with Gasteiger partial charge in [-0.2, -0.15) is 0 Å². The zero-order chi connectivity index (χ0) is 25.3. The van der Waals surface area contributed by atoms with Gasteiger partial charge in [-0.05, 0) is 48.0 Å². The maximum Gasteiger partial charge on any atom is 0.323 e. The van der Waals surface area contributed by atoms with Crippen LogP contribution < -0.4 is 10.6 Å². The average molecular weight is 535 g/mol. The molecule has 0 radical (unpaired) electrons. The van der Waals surface area contributed by atoms with E-state index in [1.54, 1.807) is 60.7 Å². The summed E-state index contributed by atoms with van der Waals surface area (Å²) in [4.78, 5) is 21.6. The minimum absolute atomic E-state index is 0.274. The third-order valence-electron chi connectivity index (χ3n) is 5.45. The number of hydrogen-bond acceptors (Lipinski definition) is 6. The van der Waals surface area contributed by atoms with Gasteiger partial charge in [-0.1, -0.05) is 41.9 Å². The Labute approximate surface area is 216 Å². The first kappa shape index (κ1) is 23.9. The monoisotopic (exact) mass is 534 g/mol. The van der Waals surface area contributed by atoms with Crippen molar-refractivity contribution in [1.82, 2.24) is 9.97 Å². The molecule has 2 N–H and O–H groups in total. The van der Waals surface area contributed by atoms with Crippen LogP contribution in [0, 0.1) is 0 Å². The number of sulfone groups is 1. The predicted octanol–water partition coefficient (Wildman–Crippen LogP) is 6.73. The first-order chi connectivity index (χ1) is 17.3. The molecule has 0 aliphatic heterocycles. The molecule has 0 fully saturated rings. The van der Waals surface area contributed by atoms with Crippen LogP contribution in [-0.2, 0) is 9.84 Å². The minimum Gasteiger partial charge on any atom is -0.308 e. The fourth-order valence-corrected chi connectivity index (χ4v) is 5.57. The van der Waals surface area contributed by atoms with E-state index < -0.39 is 9.84 Å². The maximum atomic E-state index is 12.3. The second kappa shape index (κ2) is 9.69. The van der Waals surface area contributed by atoms with Crippen molar-refractivity contribution >= 4 is 60.4 Å². The first-order valence-corrected chi connectivity index (χ1v) is 13.9. The number of amides is 2. The molecule has 0 saturated heterocycles. The molecular weight excluding hydrogens is 516 g/mol. The van der Waals surface area contributed by atoms with Crippen LogP contribution in [0.2, 0.25) is 5.02 Å². The topological polar surface area (TPSA) is 101 Å². The second-order valence-electron chi connectivity index (χ2n) is 8.01. The summed E-state index contributed by atoms with van der Waals surface area (Å²) in [6.45, 7) is 0. The molecule has 0 aliphatic rings. The van der Waals surface area contributed by atoms with E-state index in [4.69, 9.17) is 11.6 Å². The van der Waals surface area contributed by atoms with E-state index in [9.17, 15) is 13.2 Å². The van der Waals surface area contributed by atoms with Gasteiger partial charge in [-0.3, -0.25) is 0 Å². The zero-order valence-electron chi connectivity index (χ0n) is 18.9. The van der Waals surface area contributed by atoms with Crippen LogP contribution in [0.25, 0.3) is 32.6 Å². The molecule has 180 valence electrons. The Hall–Kier alpha value is -3.79. The Morgan fingerprint density at radius 1 is 0.889 bits per heavy atom. The van der Waals surface area contributed by atoms with Gasteiger partial charge in [0.1, 0.15) is 6.33 Å². The highest BCUT2D eigenvalue weighted by molar-refractivity contribution is 7.90. The molecular formula is C26H19ClN4O3S2. The SMILES string of the molecule is CS(=O)(=O)c1ccc(-c2csc3c(-c4ccc(NC(=O)Nc5cccc(Cl)c5)cc4)ncnc23)cc1. The van der Waals surface area contributed by atoms with Gasteiger partial charge in [0, 0.05) is 39.2 Å². The van der Waals surface area contributed by atoms with Crippen molar-refractivity contribution in [3.8, 4) is 22.4 Å². The summed E-state index contributed by atoms with van der Waals surface area (Å²) in [5.41, 5.74) is 5.46. The number of thiophene rings is 1. The van der Waals surface area contributed by atoms with Crippen LogP contribution in [0.1, 0.15) is 0 Å². The Balaban J connectivity index is 1.37. The number of hydrogen-bond donors (Lipinski definition) is 2. The lowest BCUT2D eigenvalue weighted by atomic mass is 10.1. The van der Waals surface area contributed by atoms with Crippen molar-refractivity contribution in [2.24, 2.45) is 0 Å². The third kappa shape index (κ3) is 5.08. The van der Waals surface area contributed by atoms with Crippen molar-refractivity contribution in [2.45, 2.75) is 4.90 Å². The quantitative estimate of drug-likeness (QED) is 0.260. The van der Waals surface area contributed by atoms with Crippen LogP contribution in [0.5, 0.6) is 0 Å². The van der Waals surface area contributed by atoms with Gasteiger partial charge in [0.2, 0.25) is 0 Å². The van der Waals surface area contributed by atoms with E-state index in [0.717, 1.165) is 32.6 Å². The van der Waals surface area contributed by atoms with Crippen LogP contribution in [0.3, 0.4) is 0 Å². The molecule has 2 aromatic heterocycles. The Bertz CT molecular complexity index is 1680. The molecule has 2 heterocycles. The third-order valence-corrected chi connectivity index (χ3v) is 7.79. The van der Waals surface area contributed by atoms with Gasteiger partial charge in [0.15, 0.2) is 9.84 Å². The number of benzene rings is 3. The van der Waals surface area contributed by atoms with Crippen LogP contribution in [0.15, 0.2) is 89.4 Å². The number of fused-ring (bicyclic) bond motifs is 1. The Morgan fingerprint density at radius 3 is 2.28 bits per heavy atom. The van der Waals surface area contributed by atoms with E-state index in [2.05, 4.69) is 20.6 Å². The largest absolute Gasteiger partial charge is 0.323 e. The normalized spacial score (nSPS) is 11.4. The molecule has 0 spiro atoms. The number of urea groups is 1. The van der Waals surface area contributed by atoms with Crippen molar-refractivity contribution in [3.05, 3.63) is 89.5 Å². The molecule has 7 nitrogen and oxygen atoms in total. The lowest BCUT2D eigenvalue weighted by Crippen LogP contribution is -2.19. The number of halogens is 1. The number of nitrogens with one attached hydrogen (secondary N) is 2. The molecule has 5 aromatic rings. The van der Waals surface area contributed by atoms with Crippen molar-refractivity contribution in [1.29, 1.82) is 0 Å². The number of aromatic nitrogens is 2. The molecule has 0 unspecified atom stereocenters. The summed E-state index contributed by atoms with van der Waals surface area (Å²) in [6.07, 6.45) is 2.71. The van der Waals surface area contributed by atoms with Gasteiger partial charge >= 0.3 is 6.03 Å². The molecule has 5 rings (SSSR count). The predicted molar refractivity (Wildman–Crippen MR) is 145 cm³/mol. The first-order valence-electron chi connectivity index (χ1n) is 10.7. The molecule has 10 heteroatoms. The van der Waals surface area contributed by atoms with E-state index >= 15 is 0 Å². The van der Waals surface area contributed by atoms with Crippen molar-refractivity contribution in [2.75, 3.05) is 16.9 Å². The molecule has 0 saturated carbocycles. The molecule has 0 aliphatic carbocycles. The van der Waals surface area contributed by atoms with Gasteiger partial charge in [0.25, 0.3) is 0 Å². The van der Waals surface area contributed by atoms with Crippen LogP contribution in [-0.4, -0.2) is 30.7 Å². The average Bonchev–Trinajstić information content (AvgIpc) is 3.28. The molecule has 0 bridgehead atoms. The van der Waals surface area contributed by atoms with Crippen LogP contribution >= 0.6 is 22.9 Å². The summed E-state index contributed by atoms with van der Waals surface area (Å²) >= 11 is 7.48. The van der Waals surface area contributed by atoms with E-state index in [-0.39, 0.29) is 10.9 Å². The second-order valence-corrected chi connectivity index (χ2v) is 11.3. The fourth-order valence-electron chi connectivity index (χ4n) is 3.71. The fraction of sp³-hybridized carbons (Fsp3) is 0.0385. The maximum absolute atomic E-state index is 12.3. The zero-order valence-corrected chi connectivity index (χ0v) is 21.3. The minimum atomic E-state index is -3.26. The Morgan fingerprint density at radius 2 is 1.58 bits per heavy atom.